The predicted molar refractivity (Wildman–Crippen MR) is 111 cm³/mol. The minimum atomic E-state index is -3.12. The first-order chi connectivity index (χ1) is 13.6. The van der Waals surface area contributed by atoms with Crippen molar-refractivity contribution in [1.82, 2.24) is 9.88 Å². The molecule has 7 nitrogen and oxygen atoms in total. The highest BCUT2D eigenvalue weighted by Crippen LogP contribution is 2.20. The number of nitrogens with zero attached hydrogens (tertiary/aromatic N) is 2. The monoisotopic (exact) mass is 438 g/mol. The van der Waals surface area contributed by atoms with Crippen LogP contribution in [-0.4, -0.2) is 60.9 Å². The van der Waals surface area contributed by atoms with Crippen LogP contribution in [0.15, 0.2) is 30.3 Å². The van der Waals surface area contributed by atoms with E-state index in [9.17, 15) is 18.0 Å². The Morgan fingerprint density at radius 1 is 1.28 bits per heavy atom. The lowest BCUT2D eigenvalue weighted by molar-refractivity contribution is -0.137. The van der Waals surface area contributed by atoms with Crippen molar-refractivity contribution in [3.63, 3.8) is 0 Å². The number of hydrogen-bond donors (Lipinski definition) is 0. The highest BCUT2D eigenvalue weighted by molar-refractivity contribution is 7.91. The molecule has 1 atom stereocenters. The highest BCUT2D eigenvalue weighted by Gasteiger charge is 2.35. The molecule has 0 saturated carbocycles. The summed E-state index contributed by atoms with van der Waals surface area (Å²) >= 11 is 5.86. The number of carbonyl (C=O) groups excluding carboxylic acids is 2. The lowest BCUT2D eigenvalue weighted by Crippen LogP contribution is -2.45. The first kappa shape index (κ1) is 21.5. The van der Waals surface area contributed by atoms with Gasteiger partial charge in [0.1, 0.15) is 5.15 Å². The van der Waals surface area contributed by atoms with Crippen LogP contribution >= 0.6 is 11.6 Å². The lowest BCUT2D eigenvalue weighted by atomic mass is 10.1. The Hall–Kier alpha value is -2.19. The molecule has 1 amide bonds. The van der Waals surface area contributed by atoms with E-state index in [1.165, 1.54) is 4.90 Å². The van der Waals surface area contributed by atoms with E-state index in [0.717, 1.165) is 5.39 Å². The van der Waals surface area contributed by atoms with Crippen LogP contribution in [0.1, 0.15) is 30.6 Å². The van der Waals surface area contributed by atoms with Crippen LogP contribution in [0.5, 0.6) is 0 Å². The number of amides is 1. The normalized spacial score (nSPS) is 18.1. The quantitative estimate of drug-likeness (QED) is 0.508. The number of pyridine rings is 1. The van der Waals surface area contributed by atoms with Gasteiger partial charge >= 0.3 is 5.97 Å². The molecule has 2 heterocycles. The average molecular weight is 439 g/mol. The number of rotatable bonds is 6. The van der Waals surface area contributed by atoms with E-state index in [1.807, 2.05) is 13.8 Å². The number of esters is 1. The van der Waals surface area contributed by atoms with E-state index in [2.05, 4.69) is 4.98 Å². The van der Waals surface area contributed by atoms with Gasteiger partial charge in [-0.3, -0.25) is 4.79 Å². The van der Waals surface area contributed by atoms with Crippen LogP contribution in [0.25, 0.3) is 10.9 Å². The Balaban J connectivity index is 1.67. The second-order valence-electron chi connectivity index (χ2n) is 7.61. The van der Waals surface area contributed by atoms with Gasteiger partial charge in [0, 0.05) is 18.0 Å². The fourth-order valence-corrected chi connectivity index (χ4v) is 5.28. The van der Waals surface area contributed by atoms with Crippen LogP contribution in [0.4, 0.5) is 0 Å². The Morgan fingerprint density at radius 2 is 2.03 bits per heavy atom. The minimum absolute atomic E-state index is 0.0420. The SMILES string of the molecule is CC(C)CN(C(=O)COC(=O)c1ccc2nc(Cl)ccc2c1)C1CCS(=O)(=O)C1. The molecule has 3 rings (SSSR count). The van der Waals surface area contributed by atoms with Gasteiger partial charge < -0.3 is 9.64 Å². The second-order valence-corrected chi connectivity index (χ2v) is 10.2. The molecule has 0 bridgehead atoms. The molecule has 0 aliphatic carbocycles. The summed E-state index contributed by atoms with van der Waals surface area (Å²) in [4.78, 5) is 30.8. The van der Waals surface area contributed by atoms with Crippen LogP contribution < -0.4 is 0 Å². The molecule has 1 unspecified atom stereocenters. The number of sulfone groups is 1. The molecule has 156 valence electrons. The van der Waals surface area contributed by atoms with Gasteiger partial charge in [-0.2, -0.15) is 0 Å². The smallest absolute Gasteiger partial charge is 0.338 e. The third-order valence-electron chi connectivity index (χ3n) is 4.75. The predicted octanol–water partition coefficient (Wildman–Crippen LogP) is 2.72. The van der Waals surface area contributed by atoms with Crippen molar-refractivity contribution in [3.05, 3.63) is 41.0 Å². The molecular formula is C20H23ClN2O5S. The highest BCUT2D eigenvalue weighted by atomic mass is 35.5. The number of carbonyl (C=O) groups is 2. The topological polar surface area (TPSA) is 93.6 Å². The van der Waals surface area contributed by atoms with Gasteiger partial charge in [0.05, 0.1) is 22.6 Å². The van der Waals surface area contributed by atoms with Gasteiger partial charge in [-0.1, -0.05) is 25.4 Å². The maximum Gasteiger partial charge on any atom is 0.338 e. The Bertz CT molecular complexity index is 1040. The zero-order chi connectivity index (χ0) is 21.2. The first-order valence-corrected chi connectivity index (χ1v) is 11.6. The third-order valence-corrected chi connectivity index (χ3v) is 6.71. The van der Waals surface area contributed by atoms with Gasteiger partial charge in [0.2, 0.25) is 0 Å². The maximum absolute atomic E-state index is 12.7. The number of benzene rings is 1. The number of hydrogen-bond acceptors (Lipinski definition) is 6. The summed E-state index contributed by atoms with van der Waals surface area (Å²) in [5.41, 5.74) is 0.948. The van der Waals surface area contributed by atoms with Crippen molar-refractivity contribution in [2.75, 3.05) is 24.7 Å². The number of aromatic nitrogens is 1. The Labute approximate surface area is 174 Å². The molecule has 1 aromatic carbocycles. The molecule has 0 radical (unpaired) electrons. The average Bonchev–Trinajstić information content (AvgIpc) is 3.02. The van der Waals surface area contributed by atoms with E-state index in [0.29, 0.717) is 29.2 Å². The van der Waals surface area contributed by atoms with Gasteiger partial charge in [0.15, 0.2) is 16.4 Å². The molecule has 1 aromatic heterocycles. The van der Waals surface area contributed by atoms with E-state index in [4.69, 9.17) is 16.3 Å². The third kappa shape index (κ3) is 5.45. The second kappa shape index (κ2) is 8.67. The Morgan fingerprint density at radius 3 is 2.69 bits per heavy atom. The van der Waals surface area contributed by atoms with Gasteiger partial charge in [-0.15, -0.1) is 0 Å². The minimum Gasteiger partial charge on any atom is -0.452 e. The van der Waals surface area contributed by atoms with Crippen molar-refractivity contribution in [2.45, 2.75) is 26.3 Å². The first-order valence-electron chi connectivity index (χ1n) is 9.38. The lowest BCUT2D eigenvalue weighted by Gasteiger charge is -2.29. The summed E-state index contributed by atoms with van der Waals surface area (Å²) in [5.74, 6) is -0.811. The van der Waals surface area contributed by atoms with Crippen LogP contribution in [0.2, 0.25) is 5.15 Å². The summed E-state index contributed by atoms with van der Waals surface area (Å²) < 4.78 is 28.8. The summed E-state index contributed by atoms with van der Waals surface area (Å²) in [6.07, 6.45) is 0.412. The molecule has 1 aliphatic rings. The standard InChI is InChI=1S/C20H23ClN2O5S/c1-13(2)10-23(16-7-8-29(26,27)12-16)19(24)11-28-20(25)15-3-5-17-14(9-15)4-6-18(21)22-17/h3-6,9,13,16H,7-8,10-12H2,1-2H3. The zero-order valence-corrected chi connectivity index (χ0v) is 17.9. The molecule has 1 aliphatic heterocycles. The van der Waals surface area contributed by atoms with Crippen molar-refractivity contribution in [2.24, 2.45) is 5.92 Å². The molecule has 1 fully saturated rings. The molecule has 0 spiro atoms. The number of fused-ring (bicyclic) bond motifs is 1. The molecule has 29 heavy (non-hydrogen) atoms. The van der Waals surface area contributed by atoms with Crippen LogP contribution in [-0.2, 0) is 19.4 Å². The molecular weight excluding hydrogens is 416 g/mol. The summed E-state index contributed by atoms with van der Waals surface area (Å²) in [5, 5.41) is 1.09. The van der Waals surface area contributed by atoms with Crippen molar-refractivity contribution in [3.8, 4) is 0 Å². The molecule has 2 aromatic rings. The summed E-state index contributed by atoms with van der Waals surface area (Å²) in [6.45, 7) is 3.88. The fraction of sp³-hybridized carbons (Fsp3) is 0.450. The largest absolute Gasteiger partial charge is 0.452 e. The van der Waals surface area contributed by atoms with Gasteiger partial charge in [0.25, 0.3) is 5.91 Å². The maximum atomic E-state index is 12.7. The van der Waals surface area contributed by atoms with Crippen molar-refractivity contribution >= 4 is 44.2 Å². The van der Waals surface area contributed by atoms with Crippen molar-refractivity contribution in [1.29, 1.82) is 0 Å². The van der Waals surface area contributed by atoms with Crippen LogP contribution in [0, 0.1) is 5.92 Å². The summed E-state index contributed by atoms with van der Waals surface area (Å²) in [7, 11) is -3.12. The zero-order valence-electron chi connectivity index (χ0n) is 16.3. The molecule has 0 N–H and O–H groups in total. The van der Waals surface area contributed by atoms with E-state index >= 15 is 0 Å². The van der Waals surface area contributed by atoms with E-state index in [-0.39, 0.29) is 29.4 Å². The fourth-order valence-electron chi connectivity index (χ4n) is 3.39. The van der Waals surface area contributed by atoms with Gasteiger partial charge in [-0.25, -0.2) is 18.2 Å². The molecule has 1 saturated heterocycles. The van der Waals surface area contributed by atoms with E-state index < -0.39 is 22.4 Å². The van der Waals surface area contributed by atoms with E-state index in [1.54, 1.807) is 30.3 Å². The number of halogens is 1. The Kier molecular flexibility index (Phi) is 6.43. The van der Waals surface area contributed by atoms with Crippen LogP contribution in [0.3, 0.4) is 0 Å². The summed E-state index contributed by atoms with van der Waals surface area (Å²) in [6, 6.07) is 7.85. The number of ether oxygens (including phenoxy) is 1. The van der Waals surface area contributed by atoms with Gasteiger partial charge in [-0.05, 0) is 42.7 Å². The van der Waals surface area contributed by atoms with Crippen molar-refractivity contribution < 1.29 is 22.7 Å². The molecule has 9 heteroatoms.